The van der Waals surface area contributed by atoms with Crippen molar-refractivity contribution in [1.82, 2.24) is 14.5 Å². The number of ether oxygens (including phenoxy) is 1. The van der Waals surface area contributed by atoms with Gasteiger partial charge in [-0.3, -0.25) is 9.48 Å². The van der Waals surface area contributed by atoms with E-state index in [4.69, 9.17) is 0 Å². The molecule has 11 heteroatoms. The molecule has 0 fully saturated rings. The van der Waals surface area contributed by atoms with E-state index >= 15 is 0 Å². The van der Waals surface area contributed by atoms with Crippen LogP contribution in [-0.2, 0) is 16.6 Å². The first-order valence-electron chi connectivity index (χ1n) is 9.55. The Balaban J connectivity index is 1.62. The van der Waals surface area contributed by atoms with Crippen molar-refractivity contribution >= 4 is 26.8 Å². The smallest absolute Gasteiger partial charge is 0.387 e. The summed E-state index contributed by atoms with van der Waals surface area (Å²) in [6.45, 7) is -2.75. The quantitative estimate of drug-likeness (QED) is 0.437. The number of halogens is 3. The SMILES string of the molecule is O=C(NS(=O)(=O)c1cccc(F)c1)c1nn(Cc2ccc(OC(F)F)cc2)c2ccccc12. The number of amides is 1. The van der Waals surface area contributed by atoms with Gasteiger partial charge in [0.05, 0.1) is 17.0 Å². The zero-order valence-corrected chi connectivity index (χ0v) is 17.6. The lowest BCUT2D eigenvalue weighted by molar-refractivity contribution is -0.0498. The van der Waals surface area contributed by atoms with Crippen LogP contribution in [0.15, 0.2) is 77.7 Å². The molecule has 3 aromatic carbocycles. The molecule has 1 N–H and O–H groups in total. The minimum absolute atomic E-state index is 0.00157. The van der Waals surface area contributed by atoms with E-state index in [1.165, 1.54) is 22.9 Å². The number of fused-ring (bicyclic) bond motifs is 1. The van der Waals surface area contributed by atoms with Gasteiger partial charge in [0.25, 0.3) is 15.9 Å². The van der Waals surface area contributed by atoms with Crippen LogP contribution >= 0.6 is 0 Å². The zero-order valence-electron chi connectivity index (χ0n) is 16.8. The molecule has 0 saturated carbocycles. The minimum Gasteiger partial charge on any atom is -0.435 e. The Labute approximate surface area is 186 Å². The van der Waals surface area contributed by atoms with Gasteiger partial charge < -0.3 is 4.74 Å². The average molecular weight is 475 g/mol. The van der Waals surface area contributed by atoms with Crippen molar-refractivity contribution in [1.29, 1.82) is 0 Å². The molecular weight excluding hydrogens is 459 g/mol. The van der Waals surface area contributed by atoms with E-state index in [1.807, 2.05) is 4.72 Å². The van der Waals surface area contributed by atoms with E-state index in [2.05, 4.69) is 9.84 Å². The van der Waals surface area contributed by atoms with Gasteiger partial charge >= 0.3 is 6.61 Å². The van der Waals surface area contributed by atoms with Crippen molar-refractivity contribution in [3.8, 4) is 5.75 Å². The normalized spacial score (nSPS) is 11.6. The summed E-state index contributed by atoms with van der Waals surface area (Å²) in [6.07, 6.45) is 0. The molecule has 0 bridgehead atoms. The van der Waals surface area contributed by atoms with E-state index in [0.29, 0.717) is 16.5 Å². The molecule has 1 amide bonds. The molecule has 4 rings (SSSR count). The van der Waals surface area contributed by atoms with Gasteiger partial charge in [-0.2, -0.15) is 13.9 Å². The van der Waals surface area contributed by atoms with Crippen LogP contribution in [0, 0.1) is 5.82 Å². The van der Waals surface area contributed by atoms with Crippen molar-refractivity contribution in [3.63, 3.8) is 0 Å². The van der Waals surface area contributed by atoms with Crippen LogP contribution in [-0.4, -0.2) is 30.7 Å². The maximum absolute atomic E-state index is 13.4. The number of carbonyl (C=O) groups is 1. The fraction of sp³-hybridized carbons (Fsp3) is 0.0909. The molecule has 0 atom stereocenters. The number of hydrogen-bond donors (Lipinski definition) is 1. The number of rotatable bonds is 7. The minimum atomic E-state index is -4.33. The van der Waals surface area contributed by atoms with E-state index in [-0.39, 0.29) is 18.0 Å². The summed E-state index contributed by atoms with van der Waals surface area (Å²) in [7, 11) is -4.33. The molecule has 0 aliphatic carbocycles. The topological polar surface area (TPSA) is 90.3 Å². The predicted molar refractivity (Wildman–Crippen MR) is 113 cm³/mol. The van der Waals surface area contributed by atoms with Gasteiger partial charge in [-0.25, -0.2) is 17.5 Å². The average Bonchev–Trinajstić information content (AvgIpc) is 3.13. The first-order chi connectivity index (χ1) is 15.7. The molecule has 0 saturated heterocycles. The Bertz CT molecular complexity index is 1420. The van der Waals surface area contributed by atoms with Gasteiger partial charge in [-0.05, 0) is 42.0 Å². The summed E-state index contributed by atoms with van der Waals surface area (Å²) >= 11 is 0. The molecule has 0 unspecified atom stereocenters. The maximum atomic E-state index is 13.4. The number of hydrogen-bond acceptors (Lipinski definition) is 5. The number of alkyl halides is 2. The van der Waals surface area contributed by atoms with Crippen LogP contribution in [0.25, 0.3) is 10.9 Å². The predicted octanol–water partition coefficient (Wildman–Crippen LogP) is 3.94. The number of carbonyl (C=O) groups excluding carboxylic acids is 1. The molecule has 0 aliphatic rings. The van der Waals surface area contributed by atoms with Crippen LogP contribution in [0.4, 0.5) is 13.2 Å². The number of para-hydroxylation sites is 1. The number of benzene rings is 3. The Morgan fingerprint density at radius 3 is 2.45 bits per heavy atom. The number of nitrogens with one attached hydrogen (secondary N) is 1. The largest absolute Gasteiger partial charge is 0.435 e. The van der Waals surface area contributed by atoms with Crippen LogP contribution in [0.1, 0.15) is 16.1 Å². The molecule has 7 nitrogen and oxygen atoms in total. The number of aromatic nitrogens is 2. The second kappa shape index (κ2) is 8.94. The van der Waals surface area contributed by atoms with E-state index in [0.717, 1.165) is 18.2 Å². The lowest BCUT2D eigenvalue weighted by Gasteiger charge is -2.07. The highest BCUT2D eigenvalue weighted by atomic mass is 32.2. The number of nitrogens with zero attached hydrogens (tertiary/aromatic N) is 2. The van der Waals surface area contributed by atoms with Gasteiger partial charge in [0.1, 0.15) is 11.6 Å². The monoisotopic (exact) mass is 475 g/mol. The van der Waals surface area contributed by atoms with E-state index in [9.17, 15) is 26.4 Å². The second-order valence-corrected chi connectivity index (χ2v) is 8.62. The van der Waals surface area contributed by atoms with Crippen LogP contribution in [0.5, 0.6) is 5.75 Å². The van der Waals surface area contributed by atoms with Gasteiger partial charge in [-0.15, -0.1) is 0 Å². The van der Waals surface area contributed by atoms with Crippen LogP contribution in [0.2, 0.25) is 0 Å². The third-order valence-electron chi connectivity index (χ3n) is 4.69. The zero-order chi connectivity index (χ0) is 23.6. The molecular formula is C22H16F3N3O4S. The molecule has 0 spiro atoms. The molecule has 1 aromatic heterocycles. The summed E-state index contributed by atoms with van der Waals surface area (Å²) < 4.78 is 70.8. The van der Waals surface area contributed by atoms with E-state index in [1.54, 1.807) is 36.4 Å². The Morgan fingerprint density at radius 2 is 1.76 bits per heavy atom. The lowest BCUT2D eigenvalue weighted by Crippen LogP contribution is -2.31. The molecule has 4 aromatic rings. The summed E-state index contributed by atoms with van der Waals surface area (Å²) in [5.41, 5.74) is 1.10. The summed E-state index contributed by atoms with van der Waals surface area (Å²) in [6, 6.07) is 16.9. The van der Waals surface area contributed by atoms with Crippen molar-refractivity contribution in [3.05, 3.63) is 89.9 Å². The fourth-order valence-corrected chi connectivity index (χ4v) is 4.21. The van der Waals surface area contributed by atoms with Crippen molar-refractivity contribution < 1.29 is 31.1 Å². The summed E-state index contributed by atoms with van der Waals surface area (Å²) in [5.74, 6) is -1.73. The fourth-order valence-electron chi connectivity index (χ4n) is 3.23. The van der Waals surface area contributed by atoms with Crippen LogP contribution in [0.3, 0.4) is 0 Å². The molecule has 1 heterocycles. The van der Waals surface area contributed by atoms with Crippen molar-refractivity contribution in [2.45, 2.75) is 18.1 Å². The first kappa shape index (κ1) is 22.3. The highest BCUT2D eigenvalue weighted by Gasteiger charge is 2.23. The molecule has 33 heavy (non-hydrogen) atoms. The highest BCUT2D eigenvalue weighted by molar-refractivity contribution is 7.90. The van der Waals surface area contributed by atoms with Crippen molar-refractivity contribution in [2.24, 2.45) is 0 Å². The number of sulfonamides is 1. The van der Waals surface area contributed by atoms with Crippen LogP contribution < -0.4 is 9.46 Å². The molecule has 170 valence electrons. The highest BCUT2D eigenvalue weighted by Crippen LogP contribution is 2.22. The second-order valence-electron chi connectivity index (χ2n) is 6.94. The van der Waals surface area contributed by atoms with E-state index < -0.39 is 33.3 Å². The third kappa shape index (κ3) is 4.98. The first-order valence-corrected chi connectivity index (χ1v) is 11.0. The van der Waals surface area contributed by atoms with Gasteiger partial charge in [-0.1, -0.05) is 36.4 Å². The maximum Gasteiger partial charge on any atom is 0.387 e. The Kier molecular flexibility index (Phi) is 6.05. The third-order valence-corrected chi connectivity index (χ3v) is 6.02. The summed E-state index contributed by atoms with van der Waals surface area (Å²) in [4.78, 5) is 12.4. The summed E-state index contributed by atoms with van der Waals surface area (Å²) in [5, 5.41) is 4.67. The molecule has 0 radical (unpaired) electrons. The van der Waals surface area contributed by atoms with Crippen molar-refractivity contribution in [2.75, 3.05) is 0 Å². The Hall–Kier alpha value is -3.86. The Morgan fingerprint density at radius 1 is 1.03 bits per heavy atom. The lowest BCUT2D eigenvalue weighted by atomic mass is 10.2. The van der Waals surface area contributed by atoms with Gasteiger partial charge in [0, 0.05) is 5.39 Å². The molecule has 0 aliphatic heterocycles. The van der Waals surface area contributed by atoms with Gasteiger partial charge in [0.2, 0.25) is 0 Å². The van der Waals surface area contributed by atoms with Gasteiger partial charge in [0.15, 0.2) is 5.69 Å². The standard InChI is InChI=1S/C22H16F3N3O4S/c23-15-4-3-5-17(12-15)33(30,31)27-21(29)20-18-6-1-2-7-19(18)28(26-20)13-14-8-10-16(11-9-14)32-22(24)25/h1-12,22H,13H2,(H,27,29).